The Kier molecular flexibility index (Phi) is 5.58. The molecule has 1 aromatic heterocycles. The topological polar surface area (TPSA) is 107 Å². The molecule has 0 aliphatic heterocycles. The molecule has 7 nitrogen and oxygen atoms in total. The van der Waals surface area contributed by atoms with Crippen LogP contribution >= 0.6 is 34.7 Å². The number of amides is 2. The Morgan fingerprint density at radius 2 is 2.23 bits per heavy atom. The van der Waals surface area contributed by atoms with Crippen molar-refractivity contribution in [3.8, 4) is 5.75 Å². The number of nitrogens with one attached hydrogen (secondary N) is 1. The first-order chi connectivity index (χ1) is 10.5. The molecule has 0 bridgehead atoms. The second-order valence-corrected chi connectivity index (χ2v) is 6.56. The maximum Gasteiger partial charge on any atom is 0.261 e. The van der Waals surface area contributed by atoms with Gasteiger partial charge < -0.3 is 10.5 Å². The number of ether oxygens (including phenoxy) is 1. The lowest BCUT2D eigenvalue weighted by molar-refractivity contribution is -0.115. The van der Waals surface area contributed by atoms with E-state index in [0.717, 1.165) is 23.1 Å². The molecule has 0 saturated carbocycles. The molecule has 0 fully saturated rings. The third-order valence-corrected chi connectivity index (χ3v) is 4.60. The van der Waals surface area contributed by atoms with E-state index in [1.165, 1.54) is 13.2 Å². The highest BCUT2D eigenvalue weighted by molar-refractivity contribution is 8.01. The summed E-state index contributed by atoms with van der Waals surface area (Å²) in [5.74, 6) is -0.365. The highest BCUT2D eigenvalue weighted by Gasteiger charge is 2.15. The fourth-order valence-corrected chi connectivity index (χ4v) is 3.13. The van der Waals surface area contributed by atoms with Gasteiger partial charge in [0.1, 0.15) is 5.75 Å². The minimum atomic E-state index is -0.450. The van der Waals surface area contributed by atoms with E-state index in [0.29, 0.717) is 20.2 Å². The number of hydrogen-bond donors (Lipinski definition) is 2. The van der Waals surface area contributed by atoms with Crippen molar-refractivity contribution in [2.24, 2.45) is 5.73 Å². The molecule has 3 N–H and O–H groups in total. The molecule has 1 heterocycles. The number of rotatable bonds is 6. The molecule has 0 aliphatic carbocycles. The number of benzene rings is 1. The van der Waals surface area contributed by atoms with E-state index in [1.54, 1.807) is 12.1 Å². The summed E-state index contributed by atoms with van der Waals surface area (Å²) < 4.78 is 5.66. The SMILES string of the molecule is COc1ccc(Cl)cc1C(=O)Nc1nnc(SCC(N)=O)s1. The number of carbonyl (C=O) groups excluding carboxylic acids is 2. The fraction of sp³-hybridized carbons (Fsp3) is 0.167. The maximum atomic E-state index is 12.2. The van der Waals surface area contributed by atoms with Gasteiger partial charge in [0.2, 0.25) is 11.0 Å². The van der Waals surface area contributed by atoms with E-state index in [4.69, 9.17) is 22.1 Å². The highest BCUT2D eigenvalue weighted by Crippen LogP contribution is 2.27. The zero-order valence-electron chi connectivity index (χ0n) is 11.3. The largest absolute Gasteiger partial charge is 0.496 e. The molecule has 0 spiro atoms. The van der Waals surface area contributed by atoms with E-state index < -0.39 is 11.8 Å². The predicted molar refractivity (Wildman–Crippen MR) is 85.8 cm³/mol. The fourth-order valence-electron chi connectivity index (χ4n) is 1.47. The summed E-state index contributed by atoms with van der Waals surface area (Å²) in [4.78, 5) is 22.9. The predicted octanol–water partition coefficient (Wildman–Crippen LogP) is 2.03. The van der Waals surface area contributed by atoms with Crippen LogP contribution in [-0.4, -0.2) is 34.9 Å². The average molecular weight is 359 g/mol. The average Bonchev–Trinajstić information content (AvgIpc) is 2.92. The van der Waals surface area contributed by atoms with Crippen LogP contribution in [0.4, 0.5) is 5.13 Å². The molecule has 0 saturated heterocycles. The smallest absolute Gasteiger partial charge is 0.261 e. The van der Waals surface area contributed by atoms with Crippen molar-refractivity contribution >= 4 is 51.6 Å². The van der Waals surface area contributed by atoms with Gasteiger partial charge in [0.25, 0.3) is 5.91 Å². The van der Waals surface area contributed by atoms with Gasteiger partial charge in [-0.2, -0.15) is 0 Å². The van der Waals surface area contributed by atoms with Crippen molar-refractivity contribution in [2.45, 2.75) is 4.34 Å². The normalized spacial score (nSPS) is 10.3. The molecular weight excluding hydrogens is 348 g/mol. The van der Waals surface area contributed by atoms with Gasteiger partial charge in [-0.05, 0) is 18.2 Å². The van der Waals surface area contributed by atoms with Gasteiger partial charge in [0, 0.05) is 5.02 Å². The van der Waals surface area contributed by atoms with Crippen molar-refractivity contribution in [1.82, 2.24) is 10.2 Å². The van der Waals surface area contributed by atoms with Crippen molar-refractivity contribution in [1.29, 1.82) is 0 Å². The number of aromatic nitrogens is 2. The number of primary amides is 1. The van der Waals surface area contributed by atoms with Gasteiger partial charge in [0.15, 0.2) is 4.34 Å². The van der Waals surface area contributed by atoms with E-state index in [9.17, 15) is 9.59 Å². The summed E-state index contributed by atoms with van der Waals surface area (Å²) in [6, 6.07) is 4.73. The first kappa shape index (κ1) is 16.5. The Balaban J connectivity index is 2.09. The standard InChI is InChI=1S/C12H11ClN4O3S2/c1-20-8-3-2-6(13)4-7(8)10(19)15-11-16-17-12(22-11)21-5-9(14)18/h2-4H,5H2,1H3,(H2,14,18)(H,15,16,19). The van der Waals surface area contributed by atoms with Crippen molar-refractivity contribution in [3.63, 3.8) is 0 Å². The summed E-state index contributed by atoms with van der Waals surface area (Å²) in [5, 5.41) is 11.0. The van der Waals surface area contributed by atoms with Crippen molar-refractivity contribution in [2.75, 3.05) is 18.2 Å². The van der Waals surface area contributed by atoms with Gasteiger partial charge in [-0.25, -0.2) is 0 Å². The molecule has 10 heteroatoms. The minimum Gasteiger partial charge on any atom is -0.496 e. The van der Waals surface area contributed by atoms with Gasteiger partial charge in [-0.15, -0.1) is 10.2 Å². The molecule has 2 rings (SSSR count). The Hall–Kier alpha value is -1.84. The summed E-state index contributed by atoms with van der Waals surface area (Å²) in [6.45, 7) is 0. The lowest BCUT2D eigenvalue weighted by Crippen LogP contribution is -2.13. The molecule has 0 radical (unpaired) electrons. The van der Waals surface area contributed by atoms with E-state index in [-0.39, 0.29) is 11.3 Å². The zero-order valence-corrected chi connectivity index (χ0v) is 13.7. The number of halogens is 1. The molecule has 1 aromatic carbocycles. The second kappa shape index (κ2) is 7.43. The van der Waals surface area contributed by atoms with Crippen LogP contribution in [0.25, 0.3) is 0 Å². The third-order valence-electron chi connectivity index (χ3n) is 2.37. The first-order valence-corrected chi connectivity index (χ1v) is 8.07. The zero-order chi connectivity index (χ0) is 16.1. The number of nitrogens with zero attached hydrogens (tertiary/aromatic N) is 2. The highest BCUT2D eigenvalue weighted by atomic mass is 35.5. The van der Waals surface area contributed by atoms with Crippen LogP contribution in [0.3, 0.4) is 0 Å². The third kappa shape index (κ3) is 4.33. The summed E-state index contributed by atoms with van der Waals surface area (Å²) >= 11 is 8.19. The van der Waals surface area contributed by atoms with Crippen LogP contribution in [-0.2, 0) is 4.79 Å². The van der Waals surface area contributed by atoms with Crippen LogP contribution in [0.5, 0.6) is 5.75 Å². The van der Waals surface area contributed by atoms with Gasteiger partial charge in [-0.3, -0.25) is 14.9 Å². The van der Waals surface area contributed by atoms with Crippen molar-refractivity contribution < 1.29 is 14.3 Å². The monoisotopic (exact) mass is 358 g/mol. The van der Waals surface area contributed by atoms with Crippen LogP contribution < -0.4 is 15.8 Å². The number of hydrogen-bond acceptors (Lipinski definition) is 7. The van der Waals surface area contributed by atoms with E-state index >= 15 is 0 Å². The van der Waals surface area contributed by atoms with E-state index in [1.807, 2.05) is 0 Å². The second-order valence-electron chi connectivity index (χ2n) is 3.93. The molecule has 2 amide bonds. The molecule has 22 heavy (non-hydrogen) atoms. The molecule has 0 unspecified atom stereocenters. The number of nitrogens with two attached hydrogens (primary N) is 1. The Bertz CT molecular complexity index is 707. The quantitative estimate of drug-likeness (QED) is 0.604. The first-order valence-electron chi connectivity index (χ1n) is 5.89. The van der Waals surface area contributed by atoms with Gasteiger partial charge >= 0.3 is 0 Å². The summed E-state index contributed by atoms with van der Waals surface area (Å²) in [6.07, 6.45) is 0. The molecular formula is C12H11ClN4O3S2. The molecule has 2 aromatic rings. The van der Waals surface area contributed by atoms with Crippen LogP contribution in [0.1, 0.15) is 10.4 Å². The number of thioether (sulfide) groups is 1. The lowest BCUT2D eigenvalue weighted by Gasteiger charge is -2.07. The Morgan fingerprint density at radius 3 is 2.91 bits per heavy atom. The maximum absolute atomic E-state index is 12.2. The van der Waals surface area contributed by atoms with Gasteiger partial charge in [-0.1, -0.05) is 34.7 Å². The Morgan fingerprint density at radius 1 is 1.45 bits per heavy atom. The van der Waals surface area contributed by atoms with Crippen LogP contribution in [0, 0.1) is 0 Å². The minimum absolute atomic E-state index is 0.102. The molecule has 116 valence electrons. The van der Waals surface area contributed by atoms with E-state index in [2.05, 4.69) is 15.5 Å². The molecule has 0 atom stereocenters. The van der Waals surface area contributed by atoms with Crippen molar-refractivity contribution in [3.05, 3.63) is 28.8 Å². The van der Waals surface area contributed by atoms with Gasteiger partial charge in [0.05, 0.1) is 18.4 Å². The number of carbonyl (C=O) groups is 2. The Labute approximate surface area is 139 Å². The number of anilines is 1. The van der Waals surface area contributed by atoms with Crippen LogP contribution in [0.15, 0.2) is 22.5 Å². The summed E-state index contributed by atoms with van der Waals surface area (Å²) in [5.41, 5.74) is 5.34. The number of methoxy groups -OCH3 is 1. The molecule has 0 aliphatic rings. The van der Waals surface area contributed by atoms with Crippen LogP contribution in [0.2, 0.25) is 5.02 Å². The lowest BCUT2D eigenvalue weighted by atomic mass is 10.2. The summed E-state index contributed by atoms with van der Waals surface area (Å²) in [7, 11) is 1.46.